The highest BCUT2D eigenvalue weighted by Crippen LogP contribution is 2.19. The van der Waals surface area contributed by atoms with E-state index in [0.29, 0.717) is 25.9 Å². The van der Waals surface area contributed by atoms with Crippen molar-refractivity contribution in [3.05, 3.63) is 0 Å². The van der Waals surface area contributed by atoms with E-state index in [-0.39, 0.29) is 18.5 Å². The Kier molecular flexibility index (Phi) is 61.4. The Morgan fingerprint density at radius 2 is 0.569 bits per heavy atom. The summed E-state index contributed by atoms with van der Waals surface area (Å²) in [6, 6.07) is -0.545. The van der Waals surface area contributed by atoms with Crippen molar-refractivity contribution in [2.45, 2.75) is 398 Å². The number of hydrogen-bond acceptors (Lipinski definition) is 5. The molecule has 1 amide bonds. The first-order chi connectivity index (χ1) is 35.5. The number of rotatable bonds is 63. The largest absolute Gasteiger partial charge is 0.466 e. The lowest BCUT2D eigenvalue weighted by atomic mass is 10.0. The lowest BCUT2D eigenvalue weighted by molar-refractivity contribution is -0.143. The fraction of sp³-hybridized carbons (Fsp3) is 0.970. The van der Waals surface area contributed by atoms with Gasteiger partial charge in [0.25, 0.3) is 0 Å². The smallest absolute Gasteiger partial charge is 0.305 e. The summed E-state index contributed by atoms with van der Waals surface area (Å²) >= 11 is 0. The Balaban J connectivity index is 3.39. The zero-order chi connectivity index (χ0) is 52.2. The van der Waals surface area contributed by atoms with Crippen LogP contribution in [0.25, 0.3) is 0 Å². The van der Waals surface area contributed by atoms with Gasteiger partial charge in [-0.15, -0.1) is 0 Å². The molecule has 2 atom stereocenters. The van der Waals surface area contributed by atoms with Crippen LogP contribution in [0, 0.1) is 0 Å². The molecular formula is C66H131NO5. The van der Waals surface area contributed by atoms with E-state index in [1.807, 2.05) is 0 Å². The fourth-order valence-corrected chi connectivity index (χ4v) is 10.8. The zero-order valence-corrected chi connectivity index (χ0v) is 49.2. The van der Waals surface area contributed by atoms with E-state index in [2.05, 4.69) is 19.2 Å². The third kappa shape index (κ3) is 58.1. The molecule has 0 aromatic heterocycles. The molecular weight excluding hydrogens is 887 g/mol. The minimum atomic E-state index is -0.668. The number of ether oxygens (including phenoxy) is 1. The van der Waals surface area contributed by atoms with Crippen LogP contribution in [0.2, 0.25) is 0 Å². The number of carbonyl (C=O) groups excluding carboxylic acids is 2. The van der Waals surface area contributed by atoms with E-state index in [0.717, 1.165) is 38.5 Å². The molecule has 0 heterocycles. The van der Waals surface area contributed by atoms with E-state index >= 15 is 0 Å². The molecule has 0 aliphatic heterocycles. The number of nitrogens with one attached hydrogen (secondary N) is 1. The van der Waals surface area contributed by atoms with E-state index in [9.17, 15) is 19.8 Å². The van der Waals surface area contributed by atoms with Crippen molar-refractivity contribution in [1.82, 2.24) is 5.32 Å². The third-order valence-electron chi connectivity index (χ3n) is 15.9. The van der Waals surface area contributed by atoms with Crippen LogP contribution in [0.15, 0.2) is 0 Å². The van der Waals surface area contributed by atoms with Crippen molar-refractivity contribution in [3.8, 4) is 0 Å². The maximum atomic E-state index is 12.5. The van der Waals surface area contributed by atoms with Gasteiger partial charge in [0.1, 0.15) is 0 Å². The van der Waals surface area contributed by atoms with Crippen molar-refractivity contribution < 1.29 is 24.5 Å². The number of hydrogen-bond donors (Lipinski definition) is 3. The number of esters is 1. The monoisotopic (exact) mass is 1020 g/mol. The lowest BCUT2D eigenvalue weighted by Gasteiger charge is -2.22. The second-order valence-corrected chi connectivity index (χ2v) is 23.2. The van der Waals surface area contributed by atoms with Crippen LogP contribution in [0.4, 0.5) is 0 Å². The fourth-order valence-electron chi connectivity index (χ4n) is 10.8. The Morgan fingerprint density at radius 3 is 0.847 bits per heavy atom. The first-order valence-electron chi connectivity index (χ1n) is 33.3. The number of unbranched alkanes of at least 4 members (excludes halogenated alkanes) is 52. The van der Waals surface area contributed by atoms with Crippen LogP contribution in [-0.2, 0) is 14.3 Å². The predicted molar refractivity (Wildman–Crippen MR) is 315 cm³/mol. The molecule has 6 heteroatoms. The standard InChI is InChI=1S/C66H131NO5/c1-3-5-7-9-11-13-15-17-19-20-21-22-23-24-25-26-28-31-34-38-42-46-50-54-58-64(69)63(62-68)67-65(70)59-55-51-47-43-39-35-32-29-27-30-33-37-41-45-49-53-57-61-72-66(71)60-56-52-48-44-40-36-18-16-14-12-10-8-6-4-2/h63-64,68-69H,3-62H2,1-2H3,(H,67,70). The highest BCUT2D eigenvalue weighted by atomic mass is 16.5. The van der Waals surface area contributed by atoms with Gasteiger partial charge in [0, 0.05) is 12.8 Å². The second kappa shape index (κ2) is 62.4. The van der Waals surface area contributed by atoms with Crippen LogP contribution < -0.4 is 5.32 Å². The number of aliphatic hydroxyl groups is 2. The van der Waals surface area contributed by atoms with Crippen molar-refractivity contribution in [3.63, 3.8) is 0 Å². The highest BCUT2D eigenvalue weighted by molar-refractivity contribution is 5.76. The highest BCUT2D eigenvalue weighted by Gasteiger charge is 2.20. The van der Waals surface area contributed by atoms with Gasteiger partial charge in [-0.05, 0) is 25.7 Å². The normalized spacial score (nSPS) is 12.4. The molecule has 2 unspecified atom stereocenters. The van der Waals surface area contributed by atoms with Crippen molar-refractivity contribution in [2.24, 2.45) is 0 Å². The Labute approximate surface area is 451 Å². The second-order valence-electron chi connectivity index (χ2n) is 23.2. The quantitative estimate of drug-likeness (QED) is 0.0417. The van der Waals surface area contributed by atoms with Crippen molar-refractivity contribution >= 4 is 11.9 Å². The molecule has 0 rings (SSSR count). The molecule has 430 valence electrons. The van der Waals surface area contributed by atoms with Gasteiger partial charge < -0.3 is 20.3 Å². The summed E-state index contributed by atoms with van der Waals surface area (Å²) in [5.74, 6) is -0.0253. The summed E-state index contributed by atoms with van der Waals surface area (Å²) in [5.41, 5.74) is 0. The molecule has 0 aromatic rings. The van der Waals surface area contributed by atoms with Gasteiger partial charge in [0.15, 0.2) is 0 Å². The summed E-state index contributed by atoms with van der Waals surface area (Å²) < 4.78 is 5.49. The molecule has 0 bridgehead atoms. The molecule has 0 saturated carbocycles. The minimum absolute atomic E-state index is 0.00932. The SMILES string of the molecule is CCCCCCCCCCCCCCCCCCCCCCCCCCC(O)C(CO)NC(=O)CCCCCCCCCCCCCCCCCCCOC(=O)CCCCCCCCCCCCCCCC. The number of amides is 1. The summed E-state index contributed by atoms with van der Waals surface area (Å²) in [4.78, 5) is 24.6. The zero-order valence-electron chi connectivity index (χ0n) is 49.2. The van der Waals surface area contributed by atoms with Gasteiger partial charge in [0.2, 0.25) is 5.91 Å². The number of carbonyl (C=O) groups is 2. The van der Waals surface area contributed by atoms with E-state index < -0.39 is 12.1 Å². The molecule has 0 spiro atoms. The third-order valence-corrected chi connectivity index (χ3v) is 15.9. The minimum Gasteiger partial charge on any atom is -0.466 e. The van der Waals surface area contributed by atoms with Gasteiger partial charge in [-0.2, -0.15) is 0 Å². The van der Waals surface area contributed by atoms with Gasteiger partial charge in [-0.25, -0.2) is 0 Å². The molecule has 0 fully saturated rings. The Bertz CT molecular complexity index is 1040. The lowest BCUT2D eigenvalue weighted by Crippen LogP contribution is -2.45. The van der Waals surface area contributed by atoms with Crippen molar-refractivity contribution in [2.75, 3.05) is 13.2 Å². The van der Waals surface area contributed by atoms with E-state index in [1.54, 1.807) is 0 Å². The van der Waals surface area contributed by atoms with Crippen LogP contribution in [0.3, 0.4) is 0 Å². The van der Waals surface area contributed by atoms with Gasteiger partial charge >= 0.3 is 5.97 Å². The maximum Gasteiger partial charge on any atom is 0.305 e. The molecule has 0 aromatic carbocycles. The van der Waals surface area contributed by atoms with Crippen LogP contribution in [0.5, 0.6) is 0 Å². The average Bonchev–Trinajstić information content (AvgIpc) is 3.38. The summed E-state index contributed by atoms with van der Waals surface area (Å²) in [7, 11) is 0. The van der Waals surface area contributed by atoms with Gasteiger partial charge in [0.05, 0.1) is 25.4 Å². The molecule has 0 aliphatic rings. The van der Waals surface area contributed by atoms with E-state index in [1.165, 1.54) is 315 Å². The van der Waals surface area contributed by atoms with Gasteiger partial charge in [-0.1, -0.05) is 348 Å². The average molecular weight is 1020 g/mol. The first kappa shape index (κ1) is 70.9. The van der Waals surface area contributed by atoms with Crippen LogP contribution in [-0.4, -0.2) is 47.4 Å². The molecule has 0 saturated heterocycles. The molecule has 0 radical (unpaired) electrons. The molecule has 3 N–H and O–H groups in total. The Hall–Kier alpha value is -1.14. The van der Waals surface area contributed by atoms with Crippen LogP contribution >= 0.6 is 0 Å². The Morgan fingerprint density at radius 1 is 0.333 bits per heavy atom. The molecule has 6 nitrogen and oxygen atoms in total. The maximum absolute atomic E-state index is 12.5. The summed E-state index contributed by atoms with van der Waals surface area (Å²) in [6.07, 6.45) is 74.1. The van der Waals surface area contributed by atoms with Gasteiger partial charge in [-0.3, -0.25) is 9.59 Å². The first-order valence-corrected chi connectivity index (χ1v) is 33.3. The molecule has 0 aliphatic carbocycles. The number of aliphatic hydroxyl groups excluding tert-OH is 2. The molecule has 72 heavy (non-hydrogen) atoms. The van der Waals surface area contributed by atoms with Crippen LogP contribution in [0.1, 0.15) is 386 Å². The summed E-state index contributed by atoms with van der Waals surface area (Å²) in [6.45, 7) is 4.99. The topological polar surface area (TPSA) is 95.9 Å². The van der Waals surface area contributed by atoms with Crippen molar-refractivity contribution in [1.29, 1.82) is 0 Å². The summed E-state index contributed by atoms with van der Waals surface area (Å²) in [5, 5.41) is 23.4. The predicted octanol–water partition coefficient (Wildman–Crippen LogP) is 21.0. The van der Waals surface area contributed by atoms with E-state index in [4.69, 9.17) is 4.74 Å².